The van der Waals surface area contributed by atoms with Crippen LogP contribution >= 0.6 is 0 Å². The highest BCUT2D eigenvalue weighted by Gasteiger charge is 2.35. The lowest BCUT2D eigenvalue weighted by Crippen LogP contribution is -2.15. The summed E-state index contributed by atoms with van der Waals surface area (Å²) in [4.78, 5) is 12.1. The molecule has 6 nitrogen and oxygen atoms in total. The van der Waals surface area contributed by atoms with Crippen LogP contribution in [0.1, 0.15) is 23.9 Å². The summed E-state index contributed by atoms with van der Waals surface area (Å²) in [6.07, 6.45) is -3.61. The molecular weight excluding hydrogens is 472 g/mol. The zero-order valence-electron chi connectivity index (χ0n) is 17.9. The van der Waals surface area contributed by atoms with Gasteiger partial charge in [0.1, 0.15) is 23.0 Å². The minimum Gasteiger partial charge on any atom is -0.324 e. The highest BCUT2D eigenvalue weighted by molar-refractivity contribution is 7.97. The van der Waals surface area contributed by atoms with Crippen molar-refractivity contribution in [1.82, 2.24) is 19.5 Å². The number of fused-ring (bicyclic) bond motifs is 1. The Balaban J connectivity index is 1.90. The number of rotatable bonds is 3. The fourth-order valence-electron chi connectivity index (χ4n) is 3.25. The molecule has 4 rings (SSSR count). The van der Waals surface area contributed by atoms with Crippen molar-refractivity contribution in [3.05, 3.63) is 71.4 Å². The normalized spacial score (nSPS) is 13.4. The molecule has 0 fully saturated rings. The number of aryl methyl sites for hydroxylation is 1. The molecule has 1 N–H and O–H groups in total. The van der Waals surface area contributed by atoms with Crippen molar-refractivity contribution in [3.63, 3.8) is 0 Å². The molecule has 1 aromatic carbocycles. The summed E-state index contributed by atoms with van der Waals surface area (Å²) in [6, 6.07) is 9.29. The van der Waals surface area contributed by atoms with Crippen LogP contribution in [0.5, 0.6) is 0 Å². The lowest BCUT2D eigenvalue weighted by Gasteiger charge is -2.08. The largest absolute Gasteiger partial charge is 0.433 e. The quantitative estimate of drug-likeness (QED) is 0.251. The van der Waals surface area contributed by atoms with Gasteiger partial charge in [-0.15, -0.1) is 0 Å². The van der Waals surface area contributed by atoms with E-state index in [9.17, 15) is 26.3 Å². The van der Waals surface area contributed by atoms with E-state index in [1.54, 1.807) is 13.1 Å². The molecule has 0 aliphatic rings. The summed E-state index contributed by atoms with van der Waals surface area (Å²) in [6.45, 7) is 1.53. The molecule has 0 radical (unpaired) electrons. The van der Waals surface area contributed by atoms with Gasteiger partial charge in [-0.2, -0.15) is 17.7 Å². The minimum atomic E-state index is -4.65. The van der Waals surface area contributed by atoms with Crippen LogP contribution in [0, 0.1) is 17.7 Å². The van der Waals surface area contributed by atoms with Crippen LogP contribution in [0.2, 0.25) is 0 Å². The number of alkyl halides is 3. The second-order valence-corrected chi connectivity index (χ2v) is 9.58. The second kappa shape index (κ2) is 8.62. The van der Waals surface area contributed by atoms with Gasteiger partial charge in [0.15, 0.2) is 11.5 Å². The van der Waals surface area contributed by atoms with Crippen molar-refractivity contribution in [3.8, 4) is 23.4 Å². The maximum Gasteiger partial charge on any atom is 0.433 e. The van der Waals surface area contributed by atoms with Crippen LogP contribution in [-0.2, 0) is 27.6 Å². The molecular formula is C23H17F4N4O2S+. The van der Waals surface area contributed by atoms with Gasteiger partial charge >= 0.3 is 6.18 Å². The molecule has 3 aromatic heterocycles. The molecule has 1 atom stereocenters. The Labute approximate surface area is 193 Å². The molecule has 0 aliphatic carbocycles. The molecule has 4 aromatic rings. The topological polar surface area (TPSA) is 80.9 Å². The van der Waals surface area contributed by atoms with Crippen molar-refractivity contribution in [2.45, 2.75) is 18.0 Å². The van der Waals surface area contributed by atoms with Crippen molar-refractivity contribution in [2.75, 3.05) is 5.75 Å². The number of nitrogens with zero attached hydrogens (tertiary/aromatic N) is 4. The van der Waals surface area contributed by atoms with E-state index in [0.717, 1.165) is 12.3 Å². The second-order valence-electron chi connectivity index (χ2n) is 7.28. The van der Waals surface area contributed by atoms with Crippen molar-refractivity contribution >= 4 is 21.2 Å². The number of pyridine rings is 2. The summed E-state index contributed by atoms with van der Waals surface area (Å²) in [7, 11) is -1.97. The molecule has 0 amide bonds. The Kier molecular flexibility index (Phi) is 5.97. The van der Waals surface area contributed by atoms with Gasteiger partial charge in [-0.1, -0.05) is 16.2 Å². The van der Waals surface area contributed by atoms with Crippen molar-refractivity contribution in [2.24, 2.45) is 7.05 Å². The Morgan fingerprint density at radius 1 is 1.12 bits per heavy atom. The van der Waals surface area contributed by atoms with E-state index in [2.05, 4.69) is 26.8 Å². The first kappa shape index (κ1) is 23.5. The summed E-state index contributed by atoms with van der Waals surface area (Å²) in [5, 5.41) is 0. The predicted molar refractivity (Wildman–Crippen MR) is 119 cm³/mol. The molecule has 0 saturated heterocycles. The fraction of sp³-hybridized carbons (Fsp3) is 0.174. The van der Waals surface area contributed by atoms with E-state index in [0.29, 0.717) is 5.56 Å². The molecule has 174 valence electrons. The minimum absolute atomic E-state index is 0.00441. The van der Waals surface area contributed by atoms with E-state index in [1.807, 2.05) is 0 Å². The van der Waals surface area contributed by atoms with Gasteiger partial charge in [-0.3, -0.25) is 0 Å². The maximum atomic E-state index is 13.4. The number of imidazole rings is 1. The SMILES string of the molecule is CC[S+](=O)(O)c1ccc(C#Cc2cccc(F)c2)nc1-c1nc2cc(C(F)(F)F)ncc2n1C. The number of aromatic nitrogens is 4. The summed E-state index contributed by atoms with van der Waals surface area (Å²) in [5.74, 6) is 5.06. The maximum absolute atomic E-state index is 13.4. The van der Waals surface area contributed by atoms with Crippen LogP contribution in [0.4, 0.5) is 17.6 Å². The average molecular weight is 489 g/mol. The Morgan fingerprint density at radius 2 is 1.88 bits per heavy atom. The van der Waals surface area contributed by atoms with Gasteiger partial charge in [0.25, 0.3) is 0 Å². The lowest BCUT2D eigenvalue weighted by atomic mass is 10.2. The standard InChI is InChI=1S/C23H16F4N4O2S/c1-3-34(32,33)19-10-9-16(8-7-14-5-4-6-15(24)11-14)29-21(19)22-30-17-12-20(23(25,26)27)28-13-18(17)31(22)2/h4-6,9-13H,3H2,1-2H3/p+1. The zero-order valence-corrected chi connectivity index (χ0v) is 18.7. The van der Waals surface area contributed by atoms with Gasteiger partial charge in [0, 0.05) is 18.7 Å². The smallest absolute Gasteiger partial charge is 0.324 e. The fourth-order valence-corrected chi connectivity index (χ4v) is 4.28. The monoisotopic (exact) mass is 489 g/mol. The summed E-state index contributed by atoms with van der Waals surface area (Å²) < 4.78 is 77.5. The van der Waals surface area contributed by atoms with Crippen molar-refractivity contribution < 1.29 is 26.3 Å². The lowest BCUT2D eigenvalue weighted by molar-refractivity contribution is -0.141. The van der Waals surface area contributed by atoms with Gasteiger partial charge < -0.3 is 4.57 Å². The number of halogens is 4. The van der Waals surface area contributed by atoms with Gasteiger partial charge in [0.05, 0.1) is 17.2 Å². The Hall–Kier alpha value is -3.62. The first-order chi connectivity index (χ1) is 16.0. The number of benzene rings is 1. The number of hydrogen-bond donors (Lipinski definition) is 1. The molecule has 0 bridgehead atoms. The highest BCUT2D eigenvalue weighted by atomic mass is 32.3. The zero-order chi connectivity index (χ0) is 24.7. The molecule has 34 heavy (non-hydrogen) atoms. The molecule has 11 heteroatoms. The van der Waals surface area contributed by atoms with Crippen LogP contribution in [-0.4, -0.2) is 29.8 Å². The third-order valence-electron chi connectivity index (χ3n) is 5.02. The van der Waals surface area contributed by atoms with Crippen LogP contribution < -0.4 is 0 Å². The van der Waals surface area contributed by atoms with Gasteiger partial charge in [-0.25, -0.2) is 19.3 Å². The third-order valence-corrected chi connectivity index (χ3v) is 6.82. The molecule has 1 unspecified atom stereocenters. The average Bonchev–Trinajstić information content (AvgIpc) is 3.13. The summed E-state index contributed by atoms with van der Waals surface area (Å²) in [5.41, 5.74) is -0.201. The van der Waals surface area contributed by atoms with Crippen LogP contribution in [0.3, 0.4) is 0 Å². The molecule has 0 saturated carbocycles. The molecule has 0 spiro atoms. The van der Waals surface area contributed by atoms with E-state index in [-0.39, 0.29) is 38.9 Å². The van der Waals surface area contributed by atoms with E-state index in [1.165, 1.54) is 41.8 Å². The molecule has 3 heterocycles. The Bertz CT molecular complexity index is 1520. The third kappa shape index (κ3) is 4.55. The van der Waals surface area contributed by atoms with E-state index in [4.69, 9.17) is 0 Å². The number of hydrogen-bond acceptors (Lipinski definition) is 4. The first-order valence-corrected chi connectivity index (χ1v) is 11.6. The van der Waals surface area contributed by atoms with E-state index < -0.39 is 27.9 Å². The Morgan fingerprint density at radius 3 is 2.56 bits per heavy atom. The van der Waals surface area contributed by atoms with Crippen molar-refractivity contribution in [1.29, 1.82) is 0 Å². The highest BCUT2D eigenvalue weighted by Crippen LogP contribution is 2.33. The van der Waals surface area contributed by atoms with Gasteiger partial charge in [0.2, 0.25) is 15.1 Å². The molecule has 0 aliphatic heterocycles. The predicted octanol–water partition coefficient (Wildman–Crippen LogP) is 4.94. The van der Waals surface area contributed by atoms with Crippen LogP contribution in [0.15, 0.2) is 53.6 Å². The first-order valence-electron chi connectivity index (χ1n) is 9.92. The van der Waals surface area contributed by atoms with Crippen LogP contribution in [0.25, 0.3) is 22.6 Å². The van der Waals surface area contributed by atoms with E-state index >= 15 is 0 Å². The summed E-state index contributed by atoms with van der Waals surface area (Å²) >= 11 is 0. The van der Waals surface area contributed by atoms with Gasteiger partial charge in [-0.05, 0) is 43.2 Å².